The lowest BCUT2D eigenvalue weighted by molar-refractivity contribution is 0.0896. The molecule has 0 spiro atoms. The minimum Gasteiger partial charge on any atom is -0.397 e. The van der Waals surface area contributed by atoms with Crippen LogP contribution < -0.4 is 11.1 Å². The second-order valence-electron chi connectivity index (χ2n) is 5.32. The molecule has 6 nitrogen and oxygen atoms in total. The number of nitrogen functional groups attached to an aromatic ring is 1. The average Bonchev–Trinajstić information content (AvgIpc) is 3.23. The van der Waals surface area contributed by atoms with Gasteiger partial charge in [0.25, 0.3) is 5.91 Å². The van der Waals surface area contributed by atoms with Gasteiger partial charge in [-0.1, -0.05) is 12.1 Å². The molecule has 2 aromatic rings. The monoisotopic (exact) mass is 286 g/mol. The standard InChI is InChI=1S/C15H18N4O2/c16-11-3-1-2-4-13(11)19-8-7-12(18-19)15(21)17-9-14(20)10-5-6-10/h1-4,7-8,10,14,20H,5-6,9,16H2,(H,17,21). The summed E-state index contributed by atoms with van der Waals surface area (Å²) in [7, 11) is 0. The Morgan fingerprint density at radius 2 is 2.19 bits per heavy atom. The molecule has 1 fully saturated rings. The molecule has 1 saturated carbocycles. The van der Waals surface area contributed by atoms with Gasteiger partial charge in [0.2, 0.25) is 0 Å². The van der Waals surface area contributed by atoms with Gasteiger partial charge in [-0.05, 0) is 37.0 Å². The summed E-state index contributed by atoms with van der Waals surface area (Å²) < 4.78 is 1.57. The van der Waals surface area contributed by atoms with E-state index in [1.165, 1.54) is 0 Å². The Kier molecular flexibility index (Phi) is 3.62. The molecule has 0 bridgehead atoms. The van der Waals surface area contributed by atoms with E-state index in [0.717, 1.165) is 18.5 Å². The number of carbonyl (C=O) groups is 1. The Bertz CT molecular complexity index is 649. The minimum absolute atomic E-state index is 0.268. The summed E-state index contributed by atoms with van der Waals surface area (Å²) in [5.74, 6) is 0.0509. The number of benzene rings is 1. The van der Waals surface area contributed by atoms with E-state index in [9.17, 15) is 9.90 Å². The number of nitrogens with zero attached hydrogens (tertiary/aromatic N) is 2. The number of aromatic nitrogens is 2. The Morgan fingerprint density at radius 3 is 2.90 bits per heavy atom. The smallest absolute Gasteiger partial charge is 0.271 e. The third-order valence-electron chi connectivity index (χ3n) is 3.64. The fraction of sp³-hybridized carbons (Fsp3) is 0.333. The van der Waals surface area contributed by atoms with Gasteiger partial charge in [0.1, 0.15) is 0 Å². The van der Waals surface area contributed by atoms with Crippen molar-refractivity contribution in [2.45, 2.75) is 18.9 Å². The molecule has 21 heavy (non-hydrogen) atoms. The Labute approximate surface area is 122 Å². The fourth-order valence-corrected chi connectivity index (χ4v) is 2.21. The first-order valence-corrected chi connectivity index (χ1v) is 7.02. The van der Waals surface area contributed by atoms with Crippen molar-refractivity contribution in [2.24, 2.45) is 5.92 Å². The molecule has 1 aromatic carbocycles. The molecule has 1 unspecified atom stereocenters. The van der Waals surface area contributed by atoms with Gasteiger partial charge in [-0.15, -0.1) is 0 Å². The third-order valence-corrected chi connectivity index (χ3v) is 3.64. The van der Waals surface area contributed by atoms with Gasteiger partial charge in [0.15, 0.2) is 5.69 Å². The second kappa shape index (κ2) is 5.57. The number of anilines is 1. The zero-order valence-corrected chi connectivity index (χ0v) is 11.6. The molecule has 4 N–H and O–H groups in total. The van der Waals surface area contributed by atoms with E-state index < -0.39 is 6.10 Å². The topological polar surface area (TPSA) is 93.2 Å². The molecule has 1 aliphatic carbocycles. The molecule has 3 rings (SSSR count). The summed E-state index contributed by atoms with van der Waals surface area (Å²) in [6, 6.07) is 8.95. The molecule has 0 saturated heterocycles. The van der Waals surface area contributed by atoms with Crippen LogP contribution in [0.1, 0.15) is 23.3 Å². The van der Waals surface area contributed by atoms with Crippen molar-refractivity contribution < 1.29 is 9.90 Å². The van der Waals surface area contributed by atoms with Gasteiger partial charge < -0.3 is 16.2 Å². The first-order chi connectivity index (χ1) is 10.1. The molecule has 1 heterocycles. The maximum absolute atomic E-state index is 12.0. The van der Waals surface area contributed by atoms with E-state index >= 15 is 0 Å². The quantitative estimate of drug-likeness (QED) is 0.714. The number of rotatable bonds is 5. The van der Waals surface area contributed by atoms with Crippen molar-refractivity contribution in [3.63, 3.8) is 0 Å². The number of aliphatic hydroxyl groups is 1. The largest absolute Gasteiger partial charge is 0.397 e. The van der Waals surface area contributed by atoms with Crippen LogP contribution in [0.2, 0.25) is 0 Å². The van der Waals surface area contributed by atoms with Crippen LogP contribution in [-0.2, 0) is 0 Å². The summed E-state index contributed by atoms with van der Waals surface area (Å²) >= 11 is 0. The Balaban J connectivity index is 1.66. The summed E-state index contributed by atoms with van der Waals surface area (Å²) in [5, 5.41) is 16.7. The molecule has 1 atom stereocenters. The van der Waals surface area contributed by atoms with Gasteiger partial charge in [0.05, 0.1) is 17.5 Å². The first kappa shape index (κ1) is 13.6. The van der Waals surface area contributed by atoms with Gasteiger partial charge in [-0.25, -0.2) is 4.68 Å². The molecule has 110 valence electrons. The van der Waals surface area contributed by atoms with Crippen LogP contribution in [0.3, 0.4) is 0 Å². The van der Waals surface area contributed by atoms with E-state index in [1.54, 1.807) is 23.0 Å². The zero-order valence-electron chi connectivity index (χ0n) is 11.6. The lowest BCUT2D eigenvalue weighted by Crippen LogP contribution is -2.33. The molecular formula is C15H18N4O2. The van der Waals surface area contributed by atoms with Crippen molar-refractivity contribution in [2.75, 3.05) is 12.3 Å². The number of nitrogens with one attached hydrogen (secondary N) is 1. The highest BCUT2D eigenvalue weighted by atomic mass is 16.3. The minimum atomic E-state index is -0.458. The predicted octanol–water partition coefficient (Wildman–Crippen LogP) is 0.955. The van der Waals surface area contributed by atoms with Crippen molar-refractivity contribution in [1.29, 1.82) is 0 Å². The first-order valence-electron chi connectivity index (χ1n) is 7.02. The number of aliphatic hydroxyl groups excluding tert-OH is 1. The molecular weight excluding hydrogens is 268 g/mol. The summed E-state index contributed by atoms with van der Waals surface area (Å²) in [6.07, 6.45) is 3.32. The molecule has 0 aliphatic heterocycles. The molecule has 1 amide bonds. The maximum atomic E-state index is 12.0. The highest BCUT2D eigenvalue weighted by molar-refractivity contribution is 5.92. The average molecular weight is 286 g/mol. The van der Waals surface area contributed by atoms with Gasteiger partial charge in [-0.3, -0.25) is 4.79 Å². The number of para-hydroxylation sites is 2. The fourth-order valence-electron chi connectivity index (χ4n) is 2.21. The van der Waals surface area contributed by atoms with E-state index in [2.05, 4.69) is 10.4 Å². The SMILES string of the molecule is Nc1ccccc1-n1ccc(C(=O)NCC(O)C2CC2)n1. The normalized spacial score (nSPS) is 15.7. The summed E-state index contributed by atoms with van der Waals surface area (Å²) in [6.45, 7) is 0.268. The zero-order chi connectivity index (χ0) is 14.8. The van der Waals surface area contributed by atoms with E-state index in [0.29, 0.717) is 17.3 Å². The molecule has 0 radical (unpaired) electrons. The van der Waals surface area contributed by atoms with E-state index in [-0.39, 0.29) is 12.5 Å². The van der Waals surface area contributed by atoms with Crippen molar-refractivity contribution in [3.05, 3.63) is 42.2 Å². The molecule has 6 heteroatoms. The van der Waals surface area contributed by atoms with Crippen LogP contribution in [0.25, 0.3) is 5.69 Å². The van der Waals surface area contributed by atoms with E-state index in [4.69, 9.17) is 5.73 Å². The summed E-state index contributed by atoms with van der Waals surface area (Å²) in [4.78, 5) is 12.0. The third kappa shape index (κ3) is 3.05. The Morgan fingerprint density at radius 1 is 1.43 bits per heavy atom. The second-order valence-corrected chi connectivity index (χ2v) is 5.32. The number of nitrogens with two attached hydrogens (primary N) is 1. The van der Waals surface area contributed by atoms with Crippen LogP contribution >= 0.6 is 0 Å². The highest BCUT2D eigenvalue weighted by Crippen LogP contribution is 2.32. The van der Waals surface area contributed by atoms with Crippen LogP contribution in [0.4, 0.5) is 5.69 Å². The number of amides is 1. The van der Waals surface area contributed by atoms with Gasteiger partial charge >= 0.3 is 0 Å². The lowest BCUT2D eigenvalue weighted by atomic mass is 10.2. The molecule has 1 aromatic heterocycles. The predicted molar refractivity (Wildman–Crippen MR) is 79.0 cm³/mol. The maximum Gasteiger partial charge on any atom is 0.271 e. The van der Waals surface area contributed by atoms with Crippen molar-refractivity contribution in [3.8, 4) is 5.69 Å². The number of hydrogen-bond acceptors (Lipinski definition) is 4. The van der Waals surface area contributed by atoms with Crippen LogP contribution in [-0.4, -0.2) is 33.4 Å². The number of hydrogen-bond donors (Lipinski definition) is 3. The lowest BCUT2D eigenvalue weighted by Gasteiger charge is -2.09. The Hall–Kier alpha value is -2.34. The van der Waals surface area contributed by atoms with Crippen LogP contribution in [0.15, 0.2) is 36.5 Å². The van der Waals surface area contributed by atoms with Crippen LogP contribution in [0.5, 0.6) is 0 Å². The number of carbonyl (C=O) groups excluding carboxylic acids is 1. The van der Waals surface area contributed by atoms with Crippen LogP contribution in [0, 0.1) is 5.92 Å². The van der Waals surface area contributed by atoms with Crippen molar-refractivity contribution in [1.82, 2.24) is 15.1 Å². The van der Waals surface area contributed by atoms with Gasteiger partial charge in [0, 0.05) is 12.7 Å². The van der Waals surface area contributed by atoms with Crippen molar-refractivity contribution >= 4 is 11.6 Å². The van der Waals surface area contributed by atoms with E-state index in [1.807, 2.05) is 18.2 Å². The van der Waals surface area contributed by atoms with Gasteiger partial charge in [-0.2, -0.15) is 5.10 Å². The summed E-state index contributed by atoms with van der Waals surface area (Å²) in [5.41, 5.74) is 7.51. The molecule has 1 aliphatic rings. The highest BCUT2D eigenvalue weighted by Gasteiger charge is 2.29.